The van der Waals surface area contributed by atoms with Gasteiger partial charge in [0.25, 0.3) is 0 Å². The summed E-state index contributed by atoms with van der Waals surface area (Å²) in [7, 11) is 0. The van der Waals surface area contributed by atoms with Crippen LogP contribution in [-0.2, 0) is 4.79 Å². The Kier molecular flexibility index (Phi) is 4.71. The quantitative estimate of drug-likeness (QED) is 0.928. The van der Waals surface area contributed by atoms with Crippen molar-refractivity contribution < 1.29 is 4.79 Å². The molecule has 0 bridgehead atoms. The number of aryl methyl sites for hydroxylation is 1. The van der Waals surface area contributed by atoms with Crippen molar-refractivity contribution in [2.45, 2.75) is 20.8 Å². The lowest BCUT2D eigenvalue weighted by atomic mass is 9.96. The molecule has 0 aromatic heterocycles. The molecule has 1 aromatic carbocycles. The van der Waals surface area contributed by atoms with E-state index in [4.69, 9.17) is 5.26 Å². The molecule has 90 valence electrons. The summed E-state index contributed by atoms with van der Waals surface area (Å²) >= 11 is 3.37. The Morgan fingerprint density at radius 1 is 1.41 bits per heavy atom. The fourth-order valence-corrected chi connectivity index (χ4v) is 2.15. The highest BCUT2D eigenvalue weighted by Gasteiger charge is 2.21. The lowest BCUT2D eigenvalue weighted by Gasteiger charge is -2.13. The van der Waals surface area contributed by atoms with Crippen LogP contribution in [0.3, 0.4) is 0 Å². The molecular formula is C13H15BrN2O. The molecule has 0 heterocycles. The Morgan fingerprint density at radius 3 is 2.53 bits per heavy atom. The standard InChI is InChI=1S/C13H15BrN2O/c1-8(2)12(7-15)13(17)16-11-5-9(3)4-10(14)6-11/h4-6,8,12H,1-3H3,(H,16,17). The van der Waals surface area contributed by atoms with Crippen molar-refractivity contribution in [3.63, 3.8) is 0 Å². The highest BCUT2D eigenvalue weighted by atomic mass is 79.9. The average molecular weight is 295 g/mol. The van der Waals surface area contributed by atoms with Crippen molar-refractivity contribution in [2.75, 3.05) is 5.32 Å². The molecule has 3 nitrogen and oxygen atoms in total. The molecule has 1 amide bonds. The van der Waals surface area contributed by atoms with Gasteiger partial charge in [-0.3, -0.25) is 4.79 Å². The maximum Gasteiger partial charge on any atom is 0.241 e. The number of nitrogens with zero attached hydrogens (tertiary/aromatic N) is 1. The maximum atomic E-state index is 11.9. The molecule has 0 aliphatic rings. The van der Waals surface area contributed by atoms with Crippen LogP contribution in [-0.4, -0.2) is 5.91 Å². The van der Waals surface area contributed by atoms with Gasteiger partial charge in [0.2, 0.25) is 5.91 Å². The number of carbonyl (C=O) groups is 1. The number of hydrogen-bond donors (Lipinski definition) is 1. The second-order valence-electron chi connectivity index (χ2n) is 4.36. The minimum Gasteiger partial charge on any atom is -0.325 e. The van der Waals surface area contributed by atoms with Gasteiger partial charge in [-0.25, -0.2) is 0 Å². The summed E-state index contributed by atoms with van der Waals surface area (Å²) in [6.45, 7) is 5.67. The SMILES string of the molecule is Cc1cc(Br)cc(NC(=O)C(C#N)C(C)C)c1. The Labute approximate surface area is 110 Å². The molecule has 0 saturated heterocycles. The van der Waals surface area contributed by atoms with Crippen LogP contribution in [0.5, 0.6) is 0 Å². The maximum absolute atomic E-state index is 11.9. The summed E-state index contributed by atoms with van der Waals surface area (Å²) < 4.78 is 0.908. The third-order valence-electron chi connectivity index (χ3n) is 2.40. The number of carbonyl (C=O) groups excluding carboxylic acids is 1. The van der Waals surface area contributed by atoms with Gasteiger partial charge in [0.15, 0.2) is 0 Å². The molecule has 0 aliphatic heterocycles. The molecule has 0 aliphatic carbocycles. The van der Waals surface area contributed by atoms with Crippen LogP contribution in [0.2, 0.25) is 0 Å². The van der Waals surface area contributed by atoms with Crippen LogP contribution in [0.25, 0.3) is 0 Å². The average Bonchev–Trinajstić information content (AvgIpc) is 2.15. The van der Waals surface area contributed by atoms with Gasteiger partial charge in [-0.15, -0.1) is 0 Å². The van der Waals surface area contributed by atoms with Crippen LogP contribution in [0.4, 0.5) is 5.69 Å². The van der Waals surface area contributed by atoms with Gasteiger partial charge in [-0.05, 0) is 36.6 Å². The monoisotopic (exact) mass is 294 g/mol. The molecule has 0 saturated carbocycles. The zero-order valence-electron chi connectivity index (χ0n) is 10.1. The summed E-state index contributed by atoms with van der Waals surface area (Å²) in [6.07, 6.45) is 0. The Balaban J connectivity index is 2.84. The van der Waals surface area contributed by atoms with Gasteiger partial charge >= 0.3 is 0 Å². The number of halogens is 1. The van der Waals surface area contributed by atoms with Crippen molar-refractivity contribution in [3.8, 4) is 6.07 Å². The van der Waals surface area contributed by atoms with Gasteiger partial charge < -0.3 is 5.32 Å². The van der Waals surface area contributed by atoms with E-state index in [1.165, 1.54) is 0 Å². The molecule has 17 heavy (non-hydrogen) atoms. The lowest BCUT2D eigenvalue weighted by molar-refractivity contribution is -0.119. The molecule has 1 N–H and O–H groups in total. The molecule has 0 radical (unpaired) electrons. The van der Waals surface area contributed by atoms with E-state index in [-0.39, 0.29) is 11.8 Å². The third-order valence-corrected chi connectivity index (χ3v) is 2.86. The number of anilines is 1. The van der Waals surface area contributed by atoms with Crippen molar-refractivity contribution in [1.82, 2.24) is 0 Å². The van der Waals surface area contributed by atoms with E-state index in [0.717, 1.165) is 10.0 Å². The van der Waals surface area contributed by atoms with Crippen molar-refractivity contribution >= 4 is 27.5 Å². The van der Waals surface area contributed by atoms with Crippen LogP contribution in [0.1, 0.15) is 19.4 Å². The summed E-state index contributed by atoms with van der Waals surface area (Å²) in [5.41, 5.74) is 1.76. The smallest absolute Gasteiger partial charge is 0.241 e. The second kappa shape index (κ2) is 5.83. The van der Waals surface area contributed by atoms with E-state index < -0.39 is 5.92 Å². The van der Waals surface area contributed by atoms with Crippen LogP contribution in [0.15, 0.2) is 22.7 Å². The van der Waals surface area contributed by atoms with Gasteiger partial charge in [0, 0.05) is 10.2 Å². The fraction of sp³-hybridized carbons (Fsp3) is 0.385. The number of nitriles is 1. The predicted octanol–water partition coefficient (Wildman–Crippen LogP) is 3.49. The minimum absolute atomic E-state index is 0.00764. The molecule has 1 atom stereocenters. The molecule has 4 heteroatoms. The minimum atomic E-state index is -0.616. The van der Waals surface area contributed by atoms with E-state index >= 15 is 0 Å². The summed E-state index contributed by atoms with van der Waals surface area (Å²) in [5, 5.41) is 11.7. The predicted molar refractivity (Wildman–Crippen MR) is 71.4 cm³/mol. The number of benzene rings is 1. The van der Waals surface area contributed by atoms with Crippen LogP contribution >= 0.6 is 15.9 Å². The first kappa shape index (κ1) is 13.7. The van der Waals surface area contributed by atoms with E-state index in [9.17, 15) is 4.79 Å². The van der Waals surface area contributed by atoms with Crippen LogP contribution < -0.4 is 5.32 Å². The van der Waals surface area contributed by atoms with Crippen molar-refractivity contribution in [1.29, 1.82) is 5.26 Å². The highest BCUT2D eigenvalue weighted by molar-refractivity contribution is 9.10. The Hall–Kier alpha value is -1.34. The largest absolute Gasteiger partial charge is 0.325 e. The number of hydrogen-bond acceptors (Lipinski definition) is 2. The molecular weight excluding hydrogens is 280 g/mol. The van der Waals surface area contributed by atoms with E-state index in [1.54, 1.807) is 0 Å². The highest BCUT2D eigenvalue weighted by Crippen LogP contribution is 2.20. The normalized spacial score (nSPS) is 12.0. The zero-order chi connectivity index (χ0) is 13.0. The van der Waals surface area contributed by atoms with Crippen molar-refractivity contribution in [2.24, 2.45) is 11.8 Å². The number of amides is 1. The Morgan fingerprint density at radius 2 is 2.06 bits per heavy atom. The molecule has 1 unspecified atom stereocenters. The second-order valence-corrected chi connectivity index (χ2v) is 5.27. The molecule has 1 rings (SSSR count). The van der Waals surface area contributed by atoms with Gasteiger partial charge in [-0.1, -0.05) is 29.8 Å². The molecule has 0 spiro atoms. The fourth-order valence-electron chi connectivity index (χ4n) is 1.54. The summed E-state index contributed by atoms with van der Waals surface area (Å²) in [5.74, 6) is -0.859. The van der Waals surface area contributed by atoms with E-state index in [1.807, 2.05) is 45.0 Å². The molecule has 1 aromatic rings. The van der Waals surface area contributed by atoms with Gasteiger partial charge in [0.1, 0.15) is 5.92 Å². The summed E-state index contributed by atoms with van der Waals surface area (Å²) in [6, 6.07) is 7.68. The van der Waals surface area contributed by atoms with Gasteiger partial charge in [0.05, 0.1) is 6.07 Å². The first-order valence-electron chi connectivity index (χ1n) is 5.41. The first-order valence-corrected chi connectivity index (χ1v) is 6.21. The first-order chi connectivity index (χ1) is 7.93. The zero-order valence-corrected chi connectivity index (χ0v) is 11.7. The third kappa shape index (κ3) is 3.86. The molecule has 0 fully saturated rings. The Bertz CT molecular complexity index is 443. The van der Waals surface area contributed by atoms with E-state index in [0.29, 0.717) is 5.69 Å². The lowest BCUT2D eigenvalue weighted by Crippen LogP contribution is -2.25. The van der Waals surface area contributed by atoms with Gasteiger partial charge in [-0.2, -0.15) is 5.26 Å². The van der Waals surface area contributed by atoms with Crippen molar-refractivity contribution in [3.05, 3.63) is 28.2 Å². The topological polar surface area (TPSA) is 52.9 Å². The summed E-state index contributed by atoms with van der Waals surface area (Å²) in [4.78, 5) is 11.9. The number of rotatable bonds is 3. The van der Waals surface area contributed by atoms with E-state index in [2.05, 4.69) is 21.2 Å². The number of nitrogens with one attached hydrogen (secondary N) is 1. The van der Waals surface area contributed by atoms with Crippen LogP contribution in [0, 0.1) is 30.1 Å².